The lowest BCUT2D eigenvalue weighted by Crippen LogP contribution is -2.31. The first-order valence-corrected chi connectivity index (χ1v) is 15.6. The van der Waals surface area contributed by atoms with Gasteiger partial charge < -0.3 is 67.9 Å². The van der Waals surface area contributed by atoms with Crippen molar-refractivity contribution in [3.63, 3.8) is 0 Å². The molecule has 0 heterocycles. The zero-order valence-corrected chi connectivity index (χ0v) is 27.2. The first-order valence-electron chi connectivity index (χ1n) is 15.6. The van der Waals surface area contributed by atoms with Crippen LogP contribution in [0.3, 0.4) is 0 Å². The second-order valence-corrected chi connectivity index (χ2v) is 9.07. The van der Waals surface area contributed by atoms with Crippen LogP contribution in [0.5, 0.6) is 0 Å². The Bertz CT molecular complexity index is 622. The van der Waals surface area contributed by atoms with Crippen molar-refractivity contribution in [3.8, 4) is 0 Å². The average Bonchev–Trinajstić information content (AvgIpc) is 3.02. The molecule has 16 nitrogen and oxygen atoms in total. The van der Waals surface area contributed by atoms with E-state index in [9.17, 15) is 9.59 Å². The molecule has 0 aliphatic rings. The molecule has 0 aromatic rings. The summed E-state index contributed by atoms with van der Waals surface area (Å²) in [6, 6.07) is 0. The quantitative estimate of drug-likeness (QED) is 0.0755. The third-order valence-corrected chi connectivity index (χ3v) is 5.09. The van der Waals surface area contributed by atoms with Gasteiger partial charge in [0, 0.05) is 13.1 Å². The lowest BCUT2D eigenvalue weighted by Gasteiger charge is -2.09. The van der Waals surface area contributed by atoms with E-state index in [0.717, 1.165) is 0 Å². The molecule has 0 spiro atoms. The van der Waals surface area contributed by atoms with Crippen LogP contribution in [0, 0.1) is 0 Å². The van der Waals surface area contributed by atoms with Gasteiger partial charge in [0.05, 0.1) is 145 Å². The Labute approximate surface area is 268 Å². The predicted molar refractivity (Wildman–Crippen MR) is 163 cm³/mol. The fraction of sp³-hybridized carbons (Fsp3) is 0.931. The first-order chi connectivity index (χ1) is 22.2. The van der Waals surface area contributed by atoms with Gasteiger partial charge in [-0.05, 0) is 6.92 Å². The van der Waals surface area contributed by atoms with E-state index in [1.165, 1.54) is 6.92 Å². The van der Waals surface area contributed by atoms with Crippen molar-refractivity contribution >= 4 is 11.7 Å². The number of nitrogens with one attached hydrogen (secondary N) is 1. The monoisotopic (exact) mass is 658 g/mol. The molecule has 1 amide bonds. The third-order valence-electron chi connectivity index (χ3n) is 5.09. The molecule has 0 bridgehead atoms. The highest BCUT2D eigenvalue weighted by molar-refractivity contribution is 5.79. The Morgan fingerprint density at radius 1 is 0.400 bits per heavy atom. The van der Waals surface area contributed by atoms with Crippen molar-refractivity contribution < 1.29 is 66.4 Å². The molecular formula is C29H58N2O14. The molecule has 0 fully saturated rings. The van der Waals surface area contributed by atoms with Gasteiger partial charge >= 0.3 is 0 Å². The number of Topliss-reactive ketones (excluding diaryl/α,β-unsaturated/α-hetero) is 1. The van der Waals surface area contributed by atoms with Gasteiger partial charge in [-0.15, -0.1) is 0 Å². The molecule has 0 aliphatic carbocycles. The summed E-state index contributed by atoms with van der Waals surface area (Å²) in [6.07, 6.45) is 0. The third kappa shape index (κ3) is 40.6. The Hall–Kier alpha value is -1.38. The van der Waals surface area contributed by atoms with Gasteiger partial charge in [-0.1, -0.05) is 0 Å². The fourth-order valence-electron chi connectivity index (χ4n) is 2.99. The van der Waals surface area contributed by atoms with Crippen molar-refractivity contribution in [1.29, 1.82) is 0 Å². The van der Waals surface area contributed by atoms with Crippen LogP contribution in [0.2, 0.25) is 0 Å². The van der Waals surface area contributed by atoms with Crippen LogP contribution in [0.15, 0.2) is 0 Å². The van der Waals surface area contributed by atoms with E-state index < -0.39 is 0 Å². The molecule has 45 heavy (non-hydrogen) atoms. The maximum atomic E-state index is 11.4. The number of carbonyl (C=O) groups excluding carboxylic acids is 2. The van der Waals surface area contributed by atoms with Crippen LogP contribution >= 0.6 is 0 Å². The summed E-state index contributed by atoms with van der Waals surface area (Å²) in [5, 5.41) is 2.63. The van der Waals surface area contributed by atoms with E-state index in [4.69, 9.17) is 62.6 Å². The van der Waals surface area contributed by atoms with E-state index in [-0.39, 0.29) is 24.9 Å². The van der Waals surface area contributed by atoms with Crippen LogP contribution in [-0.4, -0.2) is 183 Å². The van der Waals surface area contributed by atoms with Crippen molar-refractivity contribution in [2.75, 3.05) is 172 Å². The molecule has 0 atom stereocenters. The highest BCUT2D eigenvalue weighted by atomic mass is 16.6. The van der Waals surface area contributed by atoms with Crippen LogP contribution in [0.1, 0.15) is 6.92 Å². The zero-order valence-electron chi connectivity index (χ0n) is 27.2. The standard InChI is InChI=1S/C29H58N2O14/c1-28(32)26-45-27-29(33)31-3-5-35-7-9-37-11-13-39-15-17-41-19-21-43-23-25-44-24-22-42-20-18-40-16-14-38-12-10-36-8-6-34-4-2-30/h2-27,30H2,1H3,(H,31,33). The van der Waals surface area contributed by atoms with Crippen LogP contribution in [-0.2, 0) is 66.4 Å². The fourth-order valence-corrected chi connectivity index (χ4v) is 2.99. The minimum absolute atomic E-state index is 0.0642. The maximum absolute atomic E-state index is 11.4. The molecule has 16 heteroatoms. The van der Waals surface area contributed by atoms with Crippen molar-refractivity contribution in [3.05, 3.63) is 0 Å². The molecule has 0 saturated heterocycles. The SMILES string of the molecule is CC(=O)COCC(=O)NCCOCCOCCOCCOCCOCCOCCOCCOCCOCCOCCOCCN. The second-order valence-electron chi connectivity index (χ2n) is 9.07. The number of hydrogen-bond donors (Lipinski definition) is 2. The molecule has 0 rings (SSSR count). The van der Waals surface area contributed by atoms with Crippen LogP contribution in [0.25, 0.3) is 0 Å². The van der Waals surface area contributed by atoms with Gasteiger partial charge in [-0.25, -0.2) is 0 Å². The van der Waals surface area contributed by atoms with Gasteiger partial charge in [-0.3, -0.25) is 9.59 Å². The number of hydrogen-bond acceptors (Lipinski definition) is 15. The Morgan fingerprint density at radius 3 is 0.933 bits per heavy atom. The van der Waals surface area contributed by atoms with Gasteiger partial charge in [0.25, 0.3) is 0 Å². The number of nitrogens with two attached hydrogens (primary N) is 1. The normalized spacial score (nSPS) is 11.3. The summed E-state index contributed by atoms with van der Waals surface area (Å²) in [4.78, 5) is 22.1. The molecule has 268 valence electrons. The Kier molecular flexibility index (Phi) is 37.6. The van der Waals surface area contributed by atoms with E-state index in [0.29, 0.717) is 158 Å². The topological polar surface area (TPSA) is 183 Å². The van der Waals surface area contributed by atoms with E-state index >= 15 is 0 Å². The summed E-state index contributed by atoms with van der Waals surface area (Å²) in [5.41, 5.74) is 5.32. The van der Waals surface area contributed by atoms with Gasteiger partial charge in [0.15, 0.2) is 5.78 Å². The van der Waals surface area contributed by atoms with Crippen LogP contribution in [0.4, 0.5) is 0 Å². The summed E-state index contributed by atoms with van der Waals surface area (Å²) in [6.45, 7) is 12.8. The minimum Gasteiger partial charge on any atom is -0.378 e. The molecule has 0 aliphatic heterocycles. The van der Waals surface area contributed by atoms with Crippen LogP contribution < -0.4 is 11.1 Å². The minimum atomic E-state index is -0.287. The lowest BCUT2D eigenvalue weighted by atomic mass is 10.5. The highest BCUT2D eigenvalue weighted by Crippen LogP contribution is 1.87. The maximum Gasteiger partial charge on any atom is 0.246 e. The average molecular weight is 659 g/mol. The Morgan fingerprint density at radius 2 is 0.667 bits per heavy atom. The van der Waals surface area contributed by atoms with Gasteiger partial charge in [0.2, 0.25) is 5.91 Å². The zero-order chi connectivity index (χ0) is 32.7. The number of amides is 1. The molecule has 0 aromatic carbocycles. The molecule has 0 unspecified atom stereocenters. The second kappa shape index (κ2) is 38.8. The van der Waals surface area contributed by atoms with Crippen molar-refractivity contribution in [2.24, 2.45) is 5.73 Å². The Balaban J connectivity index is 3.08. The van der Waals surface area contributed by atoms with E-state index in [1.807, 2.05) is 0 Å². The van der Waals surface area contributed by atoms with E-state index in [1.54, 1.807) is 0 Å². The van der Waals surface area contributed by atoms with Gasteiger partial charge in [-0.2, -0.15) is 0 Å². The van der Waals surface area contributed by atoms with Crippen molar-refractivity contribution in [2.45, 2.75) is 6.92 Å². The predicted octanol–water partition coefficient (Wildman–Crippen LogP) is -1.15. The summed E-state index contributed by atoms with van der Waals surface area (Å²) < 4.78 is 64.3. The summed E-state index contributed by atoms with van der Waals surface area (Å²) in [7, 11) is 0. The molecule has 0 radical (unpaired) electrons. The van der Waals surface area contributed by atoms with Gasteiger partial charge in [0.1, 0.15) is 13.2 Å². The van der Waals surface area contributed by atoms with E-state index in [2.05, 4.69) is 5.32 Å². The number of ketones is 1. The summed E-state index contributed by atoms with van der Waals surface area (Å²) in [5.74, 6) is -0.411. The highest BCUT2D eigenvalue weighted by Gasteiger charge is 2.02. The number of ether oxygens (including phenoxy) is 12. The molecular weight excluding hydrogens is 600 g/mol. The number of carbonyl (C=O) groups is 2. The first kappa shape index (κ1) is 43.6. The smallest absolute Gasteiger partial charge is 0.246 e. The number of rotatable bonds is 39. The lowest BCUT2D eigenvalue weighted by molar-refractivity contribution is -0.129. The molecule has 0 saturated carbocycles. The molecule has 3 N–H and O–H groups in total. The molecule has 0 aromatic heterocycles. The van der Waals surface area contributed by atoms with Crippen molar-refractivity contribution in [1.82, 2.24) is 5.32 Å². The largest absolute Gasteiger partial charge is 0.378 e. The summed E-state index contributed by atoms with van der Waals surface area (Å²) >= 11 is 0.